The summed E-state index contributed by atoms with van der Waals surface area (Å²) in [6, 6.07) is 0. The zero-order valence-electron chi connectivity index (χ0n) is 22.9. The van der Waals surface area contributed by atoms with Crippen molar-refractivity contribution in [3.63, 3.8) is 0 Å². The quantitative estimate of drug-likeness (QED) is 0.382. The van der Waals surface area contributed by atoms with Gasteiger partial charge >= 0.3 is 5.97 Å². The fourth-order valence-electron chi connectivity index (χ4n) is 10.7. The molecule has 5 rings (SSSR count). The molecule has 5 nitrogen and oxygen atoms in total. The van der Waals surface area contributed by atoms with E-state index in [-0.39, 0.29) is 40.1 Å². The van der Waals surface area contributed by atoms with Gasteiger partial charge in [0.05, 0.1) is 18.3 Å². The Morgan fingerprint density at radius 3 is 2.11 bits per heavy atom. The topological polar surface area (TPSA) is 98.0 Å². The molecule has 0 aromatic rings. The maximum Gasteiger partial charge on any atom is 0.312 e. The molecule has 0 unspecified atom stereocenters. The van der Waals surface area contributed by atoms with Crippen molar-refractivity contribution in [1.82, 2.24) is 0 Å². The van der Waals surface area contributed by atoms with E-state index in [2.05, 4.69) is 40.7 Å². The summed E-state index contributed by atoms with van der Waals surface area (Å²) in [5.41, 5.74) is -0.823. The lowest BCUT2D eigenvalue weighted by molar-refractivity contribution is -0.225. The first kappa shape index (κ1) is 25.7. The average Bonchev–Trinajstić information content (AvgIpc) is 2.73. The molecule has 35 heavy (non-hydrogen) atoms. The lowest BCUT2D eigenvalue weighted by Gasteiger charge is -2.71. The SMILES string of the molecule is CC1(C)C[C@@H]2C3=CC[C@@H]4[C@@]5(C)CC[C@H](O)C(C)(C)[C@@H]5CC[C@@]4(C)[C@]3(C)C[C@@H](O)[C@@]2(C(=O)O)C[C@@H]1O. The van der Waals surface area contributed by atoms with Crippen molar-refractivity contribution in [3.8, 4) is 0 Å². The van der Waals surface area contributed by atoms with Gasteiger partial charge in [0.25, 0.3) is 0 Å². The van der Waals surface area contributed by atoms with E-state index in [0.29, 0.717) is 24.7 Å². The number of carboxylic acids is 1. The molecule has 198 valence electrons. The van der Waals surface area contributed by atoms with E-state index in [0.717, 1.165) is 32.1 Å². The largest absolute Gasteiger partial charge is 0.481 e. The summed E-state index contributed by atoms with van der Waals surface area (Å²) in [6.07, 6.45) is 6.40. The number of rotatable bonds is 1. The van der Waals surface area contributed by atoms with Gasteiger partial charge in [0.15, 0.2) is 0 Å². The van der Waals surface area contributed by atoms with Crippen LogP contribution in [0.3, 0.4) is 0 Å². The van der Waals surface area contributed by atoms with Crippen molar-refractivity contribution in [2.24, 2.45) is 50.2 Å². The van der Waals surface area contributed by atoms with E-state index in [4.69, 9.17) is 0 Å². The van der Waals surface area contributed by atoms with Gasteiger partial charge in [0, 0.05) is 0 Å². The number of aliphatic hydroxyl groups is 3. The van der Waals surface area contributed by atoms with Crippen molar-refractivity contribution in [1.29, 1.82) is 0 Å². The molecule has 0 aromatic heterocycles. The Bertz CT molecular complexity index is 952. The molecule has 0 amide bonds. The predicted octanol–water partition coefficient (Wildman–Crippen LogP) is 5.18. The van der Waals surface area contributed by atoms with E-state index in [9.17, 15) is 25.2 Å². The van der Waals surface area contributed by atoms with Gasteiger partial charge in [-0.1, -0.05) is 60.1 Å². The van der Waals surface area contributed by atoms with Gasteiger partial charge in [-0.05, 0) is 96.2 Å². The minimum atomic E-state index is -1.32. The van der Waals surface area contributed by atoms with Crippen LogP contribution in [0, 0.1) is 50.2 Å². The monoisotopic (exact) mass is 488 g/mol. The zero-order valence-corrected chi connectivity index (χ0v) is 22.9. The molecule has 0 heterocycles. The molecule has 0 aliphatic heterocycles. The van der Waals surface area contributed by atoms with Crippen LogP contribution in [-0.2, 0) is 4.79 Å². The van der Waals surface area contributed by atoms with Crippen LogP contribution in [0.15, 0.2) is 11.6 Å². The molecular weight excluding hydrogens is 440 g/mol. The Morgan fingerprint density at radius 2 is 1.49 bits per heavy atom. The predicted molar refractivity (Wildman–Crippen MR) is 135 cm³/mol. The van der Waals surface area contributed by atoms with Gasteiger partial charge in [0.2, 0.25) is 0 Å². The highest BCUT2D eigenvalue weighted by Crippen LogP contribution is 2.75. The minimum absolute atomic E-state index is 0.0491. The number of aliphatic carboxylic acids is 1. The molecule has 5 aliphatic carbocycles. The van der Waals surface area contributed by atoms with Crippen LogP contribution in [0.2, 0.25) is 0 Å². The number of fused-ring (bicyclic) bond motifs is 7. The Hall–Kier alpha value is -0.910. The molecule has 4 N–H and O–H groups in total. The van der Waals surface area contributed by atoms with Gasteiger partial charge in [-0.25, -0.2) is 0 Å². The summed E-state index contributed by atoms with van der Waals surface area (Å²) in [6.45, 7) is 15.8. The van der Waals surface area contributed by atoms with Crippen LogP contribution in [0.1, 0.15) is 99.8 Å². The fourth-order valence-corrected chi connectivity index (χ4v) is 10.7. The molecule has 0 radical (unpaired) electrons. The van der Waals surface area contributed by atoms with Gasteiger partial charge in [-0.3, -0.25) is 4.79 Å². The second kappa shape index (κ2) is 7.35. The second-order valence-electron chi connectivity index (χ2n) is 15.2. The maximum absolute atomic E-state index is 12.8. The smallest absolute Gasteiger partial charge is 0.312 e. The molecule has 0 aromatic carbocycles. The van der Waals surface area contributed by atoms with Crippen LogP contribution in [-0.4, -0.2) is 44.7 Å². The first-order valence-electron chi connectivity index (χ1n) is 14.0. The third-order valence-corrected chi connectivity index (χ3v) is 13.3. The zero-order chi connectivity index (χ0) is 26.0. The van der Waals surface area contributed by atoms with Gasteiger partial charge in [-0.15, -0.1) is 0 Å². The first-order chi connectivity index (χ1) is 16.0. The molecule has 4 saturated carbocycles. The van der Waals surface area contributed by atoms with Crippen molar-refractivity contribution in [3.05, 3.63) is 11.6 Å². The highest BCUT2D eigenvalue weighted by Gasteiger charge is 2.72. The van der Waals surface area contributed by atoms with Crippen molar-refractivity contribution in [2.45, 2.75) is 118 Å². The Kier molecular flexibility index (Phi) is 5.40. The Balaban J connectivity index is 1.63. The molecule has 0 bridgehead atoms. The highest BCUT2D eigenvalue weighted by molar-refractivity contribution is 5.78. The van der Waals surface area contributed by atoms with E-state index in [1.807, 2.05) is 13.8 Å². The number of allylic oxidation sites excluding steroid dienone is 2. The van der Waals surface area contributed by atoms with Crippen molar-refractivity contribution < 1.29 is 25.2 Å². The minimum Gasteiger partial charge on any atom is -0.481 e. The average molecular weight is 489 g/mol. The first-order valence-corrected chi connectivity index (χ1v) is 14.0. The fraction of sp³-hybridized carbons (Fsp3) is 0.900. The lowest BCUT2D eigenvalue weighted by Crippen LogP contribution is -2.68. The van der Waals surface area contributed by atoms with E-state index in [1.54, 1.807) is 0 Å². The Labute approximate surface area is 211 Å². The summed E-state index contributed by atoms with van der Waals surface area (Å²) < 4.78 is 0. The van der Waals surface area contributed by atoms with Crippen LogP contribution >= 0.6 is 0 Å². The normalized spacial score (nSPS) is 54.4. The third kappa shape index (κ3) is 2.95. The summed E-state index contributed by atoms with van der Waals surface area (Å²) in [7, 11) is 0. The van der Waals surface area contributed by atoms with Gasteiger partial charge < -0.3 is 20.4 Å². The number of aliphatic hydroxyl groups excluding tert-OH is 3. The molecule has 4 fully saturated rings. The lowest BCUT2D eigenvalue weighted by atomic mass is 9.33. The highest BCUT2D eigenvalue weighted by atomic mass is 16.4. The molecule has 5 heteroatoms. The van der Waals surface area contributed by atoms with Gasteiger partial charge in [-0.2, -0.15) is 0 Å². The second-order valence-corrected chi connectivity index (χ2v) is 15.2. The van der Waals surface area contributed by atoms with Crippen molar-refractivity contribution in [2.75, 3.05) is 0 Å². The number of carboxylic acid groups (broad SMARTS) is 1. The summed E-state index contributed by atoms with van der Waals surface area (Å²) in [5, 5.41) is 44.0. The van der Waals surface area contributed by atoms with Crippen LogP contribution in [0.5, 0.6) is 0 Å². The number of hydrogen-bond acceptors (Lipinski definition) is 4. The number of carbonyl (C=O) groups is 1. The van der Waals surface area contributed by atoms with Crippen LogP contribution in [0.4, 0.5) is 0 Å². The number of hydrogen-bond donors (Lipinski definition) is 4. The molecule has 0 spiro atoms. The summed E-state index contributed by atoms with van der Waals surface area (Å²) >= 11 is 0. The molecular formula is C30H48O5. The van der Waals surface area contributed by atoms with Gasteiger partial charge in [0.1, 0.15) is 5.41 Å². The van der Waals surface area contributed by atoms with Crippen molar-refractivity contribution >= 4 is 5.97 Å². The molecule has 10 atom stereocenters. The molecule has 5 aliphatic rings. The van der Waals surface area contributed by atoms with Crippen LogP contribution < -0.4 is 0 Å². The van der Waals surface area contributed by atoms with E-state index in [1.165, 1.54) is 5.57 Å². The Morgan fingerprint density at radius 1 is 0.829 bits per heavy atom. The molecule has 0 saturated heterocycles. The standard InChI is InChI=1S/C30H48O5/c1-25(2)14-18-17-8-9-20-27(5)12-11-21(31)26(3,4)19(27)10-13-28(20,6)29(17,7)15-23(33)30(18,24(34)35)16-22(25)32/h8,18-23,31-33H,9-16H2,1-7H3,(H,34,35)/t18-,19+,20-,21+,22+,23-,27+,28-,29-,30-/m1/s1. The van der Waals surface area contributed by atoms with E-state index >= 15 is 0 Å². The third-order valence-electron chi connectivity index (χ3n) is 13.3. The van der Waals surface area contributed by atoms with Crippen LogP contribution in [0.25, 0.3) is 0 Å². The summed E-state index contributed by atoms with van der Waals surface area (Å²) in [5.74, 6) is -0.342. The van der Waals surface area contributed by atoms with E-state index < -0.39 is 29.0 Å². The maximum atomic E-state index is 12.8. The summed E-state index contributed by atoms with van der Waals surface area (Å²) in [4.78, 5) is 12.8.